The normalized spacial score (nSPS) is 12.7. The van der Waals surface area contributed by atoms with Gasteiger partial charge < -0.3 is 10.4 Å². The summed E-state index contributed by atoms with van der Waals surface area (Å²) in [5.74, 6) is -1.99. The third-order valence-electron chi connectivity index (χ3n) is 3.66. The molecular weight excluding hydrogens is 339 g/mol. The highest BCUT2D eigenvalue weighted by Gasteiger charge is 2.39. The molecule has 2 aromatic rings. The summed E-state index contributed by atoms with van der Waals surface area (Å²) in [7, 11) is 0. The number of carboxylic acid groups (broad SMARTS) is 1. The maximum atomic E-state index is 13.2. The first-order valence-electron chi connectivity index (χ1n) is 7.42. The van der Waals surface area contributed by atoms with Crippen molar-refractivity contribution in [3.8, 4) is 0 Å². The number of aryl methyl sites for hydroxylation is 1. The third kappa shape index (κ3) is 3.98. The minimum atomic E-state index is -4.70. The molecule has 0 fully saturated rings. The predicted octanol–water partition coefficient (Wildman–Crippen LogP) is 3.11. The summed E-state index contributed by atoms with van der Waals surface area (Å²) < 4.78 is 40.2. The van der Waals surface area contributed by atoms with Gasteiger partial charge >= 0.3 is 12.1 Å². The Morgan fingerprint density at radius 3 is 2.36 bits per heavy atom. The molecule has 0 saturated carbocycles. The van der Waals surface area contributed by atoms with Crippen molar-refractivity contribution in [1.82, 2.24) is 15.1 Å². The molecule has 2 N–H and O–H groups in total. The van der Waals surface area contributed by atoms with Gasteiger partial charge in [0.15, 0.2) is 5.69 Å². The molecule has 0 saturated heterocycles. The summed E-state index contributed by atoms with van der Waals surface area (Å²) in [5, 5.41) is 14.9. The molecule has 1 amide bonds. The molecule has 0 spiro atoms. The van der Waals surface area contributed by atoms with E-state index < -0.39 is 35.4 Å². The van der Waals surface area contributed by atoms with Crippen molar-refractivity contribution < 1.29 is 27.9 Å². The summed E-state index contributed by atoms with van der Waals surface area (Å²) >= 11 is 0. The second kappa shape index (κ2) is 6.96. The smallest absolute Gasteiger partial charge is 0.433 e. The lowest BCUT2D eigenvalue weighted by Gasteiger charge is -2.16. The Balaban J connectivity index is 2.22. The number of aromatic nitrogens is 2. The van der Waals surface area contributed by atoms with Crippen LogP contribution in [0.25, 0.3) is 0 Å². The van der Waals surface area contributed by atoms with Crippen LogP contribution in [0.4, 0.5) is 13.2 Å². The number of alkyl halides is 3. The molecule has 1 aromatic carbocycles. The summed E-state index contributed by atoms with van der Waals surface area (Å²) in [6, 6.07) is 5.09. The minimum absolute atomic E-state index is 0.0195. The van der Waals surface area contributed by atoms with Crippen molar-refractivity contribution in [2.24, 2.45) is 0 Å². The summed E-state index contributed by atoms with van der Waals surface area (Å²) in [6.45, 7) is 3.07. The van der Waals surface area contributed by atoms with Gasteiger partial charge in [-0.1, -0.05) is 12.1 Å². The largest absolute Gasteiger partial charge is 0.478 e. The molecule has 0 unspecified atom stereocenters. The number of benzene rings is 1. The number of aromatic carboxylic acids is 1. The molecule has 134 valence electrons. The van der Waals surface area contributed by atoms with Crippen molar-refractivity contribution in [2.45, 2.75) is 32.6 Å². The number of hydrogen-bond acceptors (Lipinski definition) is 3. The number of halogens is 3. The predicted molar refractivity (Wildman–Crippen MR) is 82.2 cm³/mol. The van der Waals surface area contributed by atoms with E-state index >= 15 is 0 Å². The number of carbonyl (C=O) groups is 2. The molecule has 6 nitrogen and oxygen atoms in total. The number of carbonyl (C=O) groups excluding carboxylic acids is 1. The summed E-state index contributed by atoms with van der Waals surface area (Å²) in [4.78, 5) is 23.1. The Bertz CT molecular complexity index is 782. The monoisotopic (exact) mass is 355 g/mol. The van der Waals surface area contributed by atoms with Crippen LogP contribution in [0.15, 0.2) is 30.5 Å². The van der Waals surface area contributed by atoms with Gasteiger partial charge in [0, 0.05) is 6.54 Å². The van der Waals surface area contributed by atoms with Gasteiger partial charge in [0.25, 0.3) is 5.91 Å². The molecular formula is C16H16F3N3O3. The van der Waals surface area contributed by atoms with E-state index in [1.165, 1.54) is 31.2 Å². The molecule has 0 bridgehead atoms. The van der Waals surface area contributed by atoms with Crippen LogP contribution in [0.3, 0.4) is 0 Å². The molecule has 0 aliphatic rings. The van der Waals surface area contributed by atoms with Gasteiger partial charge in [0.1, 0.15) is 0 Å². The quantitative estimate of drug-likeness (QED) is 0.863. The maximum absolute atomic E-state index is 13.2. The highest BCUT2D eigenvalue weighted by molar-refractivity contribution is 5.95. The Hall–Kier alpha value is -2.84. The second-order valence-electron chi connectivity index (χ2n) is 5.34. The molecule has 2 rings (SSSR count). The summed E-state index contributed by atoms with van der Waals surface area (Å²) in [6.07, 6.45) is -3.81. The number of nitrogens with zero attached hydrogens (tertiary/aromatic N) is 2. The zero-order chi connectivity index (χ0) is 18.8. The molecule has 1 heterocycles. The molecule has 0 aliphatic heterocycles. The van der Waals surface area contributed by atoms with E-state index in [4.69, 9.17) is 5.11 Å². The van der Waals surface area contributed by atoms with E-state index in [0.717, 1.165) is 10.9 Å². The number of nitrogens with one attached hydrogen (secondary N) is 1. The van der Waals surface area contributed by atoms with E-state index in [0.29, 0.717) is 5.56 Å². The first kappa shape index (κ1) is 18.5. The van der Waals surface area contributed by atoms with Gasteiger partial charge in [0.05, 0.1) is 23.4 Å². The Morgan fingerprint density at radius 1 is 1.28 bits per heavy atom. The number of hydrogen-bond donors (Lipinski definition) is 2. The van der Waals surface area contributed by atoms with E-state index in [-0.39, 0.29) is 12.1 Å². The SMILES string of the molecule is CCn1ncc(C(=O)N[C@H](C)c2ccc(C(=O)O)cc2)c1C(F)(F)F. The Morgan fingerprint density at radius 2 is 1.88 bits per heavy atom. The van der Waals surface area contributed by atoms with Gasteiger partial charge in [-0.3, -0.25) is 9.48 Å². The van der Waals surface area contributed by atoms with E-state index in [1.54, 1.807) is 6.92 Å². The first-order valence-corrected chi connectivity index (χ1v) is 7.42. The highest BCUT2D eigenvalue weighted by atomic mass is 19.4. The van der Waals surface area contributed by atoms with E-state index in [2.05, 4.69) is 10.4 Å². The zero-order valence-electron chi connectivity index (χ0n) is 13.5. The van der Waals surface area contributed by atoms with Crippen molar-refractivity contribution in [3.63, 3.8) is 0 Å². The van der Waals surface area contributed by atoms with Crippen LogP contribution in [0.2, 0.25) is 0 Å². The van der Waals surface area contributed by atoms with Crippen LogP contribution in [-0.4, -0.2) is 26.8 Å². The Kier molecular flexibility index (Phi) is 5.15. The second-order valence-corrected chi connectivity index (χ2v) is 5.34. The lowest BCUT2D eigenvalue weighted by Crippen LogP contribution is -2.29. The fourth-order valence-corrected chi connectivity index (χ4v) is 2.36. The van der Waals surface area contributed by atoms with E-state index in [9.17, 15) is 22.8 Å². The molecule has 0 aliphatic carbocycles. The molecule has 1 atom stereocenters. The topological polar surface area (TPSA) is 84.2 Å². The summed E-state index contributed by atoms with van der Waals surface area (Å²) in [5.41, 5.74) is -1.01. The number of carboxylic acids is 1. The van der Waals surface area contributed by atoms with Crippen molar-refractivity contribution in [3.05, 3.63) is 52.8 Å². The van der Waals surface area contributed by atoms with Crippen LogP contribution in [0, 0.1) is 0 Å². The van der Waals surface area contributed by atoms with E-state index in [1.807, 2.05) is 0 Å². The van der Waals surface area contributed by atoms with Crippen LogP contribution in [0.5, 0.6) is 0 Å². The average Bonchev–Trinajstić information content (AvgIpc) is 2.99. The number of rotatable bonds is 5. The maximum Gasteiger partial charge on any atom is 0.433 e. The van der Waals surface area contributed by atoms with Crippen LogP contribution >= 0.6 is 0 Å². The molecule has 0 radical (unpaired) electrons. The van der Waals surface area contributed by atoms with Crippen LogP contribution in [-0.2, 0) is 12.7 Å². The third-order valence-corrected chi connectivity index (χ3v) is 3.66. The standard InChI is InChI=1S/C16H16F3N3O3/c1-3-22-13(16(17,18)19)12(8-20-22)14(23)21-9(2)10-4-6-11(7-5-10)15(24)25/h4-9H,3H2,1-2H3,(H,21,23)(H,24,25)/t9-/m1/s1. The average molecular weight is 355 g/mol. The zero-order valence-corrected chi connectivity index (χ0v) is 13.5. The van der Waals surface area contributed by atoms with Crippen LogP contribution < -0.4 is 5.32 Å². The van der Waals surface area contributed by atoms with Gasteiger partial charge in [-0.15, -0.1) is 0 Å². The van der Waals surface area contributed by atoms with Crippen molar-refractivity contribution in [2.75, 3.05) is 0 Å². The van der Waals surface area contributed by atoms with Gasteiger partial charge in [-0.2, -0.15) is 18.3 Å². The van der Waals surface area contributed by atoms with Gasteiger partial charge in [-0.25, -0.2) is 4.79 Å². The minimum Gasteiger partial charge on any atom is -0.478 e. The lowest BCUT2D eigenvalue weighted by molar-refractivity contribution is -0.144. The van der Waals surface area contributed by atoms with Gasteiger partial charge in [0.2, 0.25) is 0 Å². The lowest BCUT2D eigenvalue weighted by atomic mass is 10.1. The van der Waals surface area contributed by atoms with Crippen molar-refractivity contribution >= 4 is 11.9 Å². The fraction of sp³-hybridized carbons (Fsp3) is 0.312. The first-order chi connectivity index (χ1) is 11.6. The van der Waals surface area contributed by atoms with Gasteiger partial charge in [-0.05, 0) is 31.5 Å². The molecule has 25 heavy (non-hydrogen) atoms. The van der Waals surface area contributed by atoms with Crippen molar-refractivity contribution in [1.29, 1.82) is 0 Å². The molecule has 1 aromatic heterocycles. The Labute approximate surface area is 141 Å². The van der Waals surface area contributed by atoms with Crippen LogP contribution in [0.1, 0.15) is 51.9 Å². The highest BCUT2D eigenvalue weighted by Crippen LogP contribution is 2.32. The molecule has 9 heteroatoms. The number of amides is 1. The fourth-order valence-electron chi connectivity index (χ4n) is 2.36.